The summed E-state index contributed by atoms with van der Waals surface area (Å²) < 4.78 is 0. The van der Waals surface area contributed by atoms with Crippen LogP contribution in [-0.2, 0) is 4.79 Å². The Hall–Kier alpha value is -0.870. The molecule has 0 bridgehead atoms. The Labute approximate surface area is 119 Å². The van der Waals surface area contributed by atoms with Crippen molar-refractivity contribution in [3.05, 3.63) is 21.9 Å². The molecule has 1 aromatic rings. The second-order valence-electron chi connectivity index (χ2n) is 5.78. The lowest BCUT2D eigenvalue weighted by molar-refractivity contribution is -0.133. The van der Waals surface area contributed by atoms with Gasteiger partial charge in [-0.3, -0.25) is 10.1 Å². The van der Waals surface area contributed by atoms with E-state index < -0.39 is 0 Å². The zero-order chi connectivity index (χ0) is 13.5. The van der Waals surface area contributed by atoms with Gasteiger partial charge in [0.15, 0.2) is 0 Å². The van der Waals surface area contributed by atoms with Crippen LogP contribution in [-0.4, -0.2) is 22.9 Å². The van der Waals surface area contributed by atoms with Crippen LogP contribution >= 0.6 is 11.3 Å². The number of rotatable bonds is 3. The smallest absolute Gasteiger partial charge is 0.244 e. The Morgan fingerprint density at radius 1 is 1.42 bits per heavy atom. The van der Waals surface area contributed by atoms with E-state index in [1.807, 2.05) is 0 Å². The summed E-state index contributed by atoms with van der Waals surface area (Å²) in [5.41, 5.74) is -0.252. The van der Waals surface area contributed by atoms with Crippen LogP contribution in [0.3, 0.4) is 0 Å². The zero-order valence-corrected chi connectivity index (χ0v) is 12.6. The van der Waals surface area contributed by atoms with Gasteiger partial charge in [-0.05, 0) is 38.3 Å². The third-order valence-electron chi connectivity index (χ3n) is 4.35. The lowest BCUT2D eigenvalue weighted by atomic mass is 9.98. The maximum Gasteiger partial charge on any atom is 0.244 e. The van der Waals surface area contributed by atoms with Crippen molar-refractivity contribution in [2.75, 3.05) is 6.54 Å². The molecule has 1 unspecified atom stereocenters. The predicted octanol–water partition coefficient (Wildman–Crippen LogP) is 3.21. The first-order chi connectivity index (χ1) is 9.16. The molecule has 0 radical (unpaired) electrons. The highest BCUT2D eigenvalue weighted by Crippen LogP contribution is 2.42. The summed E-state index contributed by atoms with van der Waals surface area (Å²) in [6.07, 6.45) is 5.48. The number of amides is 1. The third-order valence-corrected chi connectivity index (χ3v) is 5.40. The second-order valence-corrected chi connectivity index (χ2v) is 7.10. The van der Waals surface area contributed by atoms with Crippen molar-refractivity contribution in [1.82, 2.24) is 10.2 Å². The van der Waals surface area contributed by atoms with Crippen molar-refractivity contribution in [2.45, 2.75) is 57.7 Å². The minimum Gasteiger partial charge on any atom is -0.320 e. The first-order valence-electron chi connectivity index (χ1n) is 7.31. The van der Waals surface area contributed by atoms with Gasteiger partial charge in [-0.15, -0.1) is 11.3 Å². The van der Waals surface area contributed by atoms with E-state index in [-0.39, 0.29) is 11.7 Å². The molecule has 0 aromatic carbocycles. The standard InChI is InChI=1S/C15H22N2OS/c1-3-10-17-13(12-7-6-11(2)19-12)16-15(14(17)18)8-4-5-9-15/h6-7,13,16H,3-5,8-10H2,1-2H3. The quantitative estimate of drug-likeness (QED) is 0.921. The fourth-order valence-corrected chi connectivity index (χ4v) is 4.37. The Balaban J connectivity index is 1.91. The van der Waals surface area contributed by atoms with E-state index in [4.69, 9.17) is 0 Å². The third kappa shape index (κ3) is 2.11. The van der Waals surface area contributed by atoms with Gasteiger partial charge in [-0.25, -0.2) is 0 Å². The van der Waals surface area contributed by atoms with E-state index >= 15 is 0 Å². The van der Waals surface area contributed by atoms with Crippen LogP contribution in [0.2, 0.25) is 0 Å². The average Bonchev–Trinajstić information content (AvgIpc) is 3.07. The van der Waals surface area contributed by atoms with Gasteiger partial charge < -0.3 is 4.90 Å². The largest absolute Gasteiger partial charge is 0.320 e. The number of nitrogens with zero attached hydrogens (tertiary/aromatic N) is 1. The number of thiophene rings is 1. The molecule has 1 aliphatic carbocycles. The molecule has 1 spiro atoms. The van der Waals surface area contributed by atoms with Gasteiger partial charge in [-0.2, -0.15) is 0 Å². The highest BCUT2D eigenvalue weighted by Gasteiger charge is 2.52. The molecule has 1 saturated heterocycles. The summed E-state index contributed by atoms with van der Waals surface area (Å²) in [5.74, 6) is 0.336. The first-order valence-corrected chi connectivity index (χ1v) is 8.13. The molecule has 1 atom stereocenters. The van der Waals surface area contributed by atoms with E-state index in [1.165, 1.54) is 22.6 Å². The maximum atomic E-state index is 12.8. The van der Waals surface area contributed by atoms with Crippen molar-refractivity contribution in [3.8, 4) is 0 Å². The minimum atomic E-state index is -0.252. The van der Waals surface area contributed by atoms with E-state index in [2.05, 4.69) is 36.2 Å². The SMILES string of the molecule is CCCN1C(=O)C2(CCCC2)NC1c1ccc(C)s1. The highest BCUT2D eigenvalue weighted by atomic mass is 32.1. The molecule has 3 rings (SSSR count). The first kappa shape index (κ1) is 13.1. The van der Waals surface area contributed by atoms with Crippen molar-refractivity contribution in [3.63, 3.8) is 0 Å². The van der Waals surface area contributed by atoms with Crippen LogP contribution < -0.4 is 5.32 Å². The van der Waals surface area contributed by atoms with Crippen LogP contribution in [0.5, 0.6) is 0 Å². The molecule has 1 aromatic heterocycles. The second kappa shape index (κ2) is 4.91. The van der Waals surface area contributed by atoms with Crippen LogP contribution in [0.1, 0.15) is 54.9 Å². The van der Waals surface area contributed by atoms with Crippen molar-refractivity contribution >= 4 is 17.2 Å². The molecule has 2 heterocycles. The molecular weight excluding hydrogens is 256 g/mol. The highest BCUT2D eigenvalue weighted by molar-refractivity contribution is 7.12. The number of hydrogen-bond acceptors (Lipinski definition) is 3. The van der Waals surface area contributed by atoms with Crippen molar-refractivity contribution < 1.29 is 4.79 Å². The van der Waals surface area contributed by atoms with Crippen molar-refractivity contribution in [1.29, 1.82) is 0 Å². The fourth-order valence-electron chi connectivity index (χ4n) is 3.43. The topological polar surface area (TPSA) is 32.3 Å². The molecule has 19 heavy (non-hydrogen) atoms. The van der Waals surface area contributed by atoms with Gasteiger partial charge in [0.1, 0.15) is 6.17 Å². The average molecular weight is 278 g/mol. The molecular formula is C15H22N2OS. The number of carbonyl (C=O) groups excluding carboxylic acids is 1. The van der Waals surface area contributed by atoms with Gasteiger partial charge in [-0.1, -0.05) is 19.8 Å². The zero-order valence-electron chi connectivity index (χ0n) is 11.7. The number of carbonyl (C=O) groups is 1. The van der Waals surface area contributed by atoms with E-state index in [0.717, 1.165) is 25.8 Å². The lowest BCUT2D eigenvalue weighted by Crippen LogP contribution is -2.44. The summed E-state index contributed by atoms with van der Waals surface area (Å²) in [5, 5.41) is 3.67. The van der Waals surface area contributed by atoms with Gasteiger partial charge in [0, 0.05) is 16.3 Å². The number of nitrogens with one attached hydrogen (secondary N) is 1. The molecule has 104 valence electrons. The van der Waals surface area contributed by atoms with E-state index in [0.29, 0.717) is 5.91 Å². The normalized spacial score (nSPS) is 25.7. The van der Waals surface area contributed by atoms with E-state index in [1.54, 1.807) is 11.3 Å². The summed E-state index contributed by atoms with van der Waals surface area (Å²) in [6.45, 7) is 5.12. The predicted molar refractivity (Wildman–Crippen MR) is 78.1 cm³/mol. The van der Waals surface area contributed by atoms with Gasteiger partial charge in [0.05, 0.1) is 5.54 Å². The summed E-state index contributed by atoms with van der Waals surface area (Å²) in [4.78, 5) is 17.4. The van der Waals surface area contributed by atoms with Gasteiger partial charge >= 0.3 is 0 Å². The van der Waals surface area contributed by atoms with Gasteiger partial charge in [0.2, 0.25) is 5.91 Å². The molecule has 1 N–H and O–H groups in total. The molecule has 4 heteroatoms. The molecule has 2 aliphatic rings. The molecule has 2 fully saturated rings. The Morgan fingerprint density at radius 3 is 2.74 bits per heavy atom. The summed E-state index contributed by atoms with van der Waals surface area (Å²) >= 11 is 1.80. The fraction of sp³-hybridized carbons (Fsp3) is 0.667. The molecule has 1 amide bonds. The van der Waals surface area contributed by atoms with Crippen LogP contribution in [0.25, 0.3) is 0 Å². The van der Waals surface area contributed by atoms with E-state index in [9.17, 15) is 4.79 Å². The molecule has 1 saturated carbocycles. The summed E-state index contributed by atoms with van der Waals surface area (Å²) in [7, 11) is 0. The Bertz CT molecular complexity index is 476. The monoisotopic (exact) mass is 278 g/mol. The Kier molecular flexibility index (Phi) is 3.39. The van der Waals surface area contributed by atoms with Gasteiger partial charge in [0.25, 0.3) is 0 Å². The Morgan fingerprint density at radius 2 is 2.16 bits per heavy atom. The maximum absolute atomic E-state index is 12.8. The number of aryl methyl sites for hydroxylation is 1. The van der Waals surface area contributed by atoms with Crippen LogP contribution in [0.15, 0.2) is 12.1 Å². The molecule has 3 nitrogen and oxygen atoms in total. The molecule has 1 aliphatic heterocycles. The number of hydrogen-bond donors (Lipinski definition) is 1. The van der Waals surface area contributed by atoms with Crippen molar-refractivity contribution in [2.24, 2.45) is 0 Å². The lowest BCUT2D eigenvalue weighted by Gasteiger charge is -2.22. The summed E-state index contributed by atoms with van der Waals surface area (Å²) in [6, 6.07) is 4.32. The van der Waals surface area contributed by atoms with Crippen LogP contribution in [0.4, 0.5) is 0 Å². The minimum absolute atomic E-state index is 0.101. The van der Waals surface area contributed by atoms with Crippen LogP contribution in [0, 0.1) is 6.92 Å².